The number of hydrogen-bond acceptors (Lipinski definition) is 5. The Labute approximate surface area is 140 Å². The van der Waals surface area contributed by atoms with Crippen LogP contribution in [-0.4, -0.2) is 54.4 Å². The minimum atomic E-state index is -0.0353. The summed E-state index contributed by atoms with van der Waals surface area (Å²) in [4.78, 5) is 22.2. The highest BCUT2D eigenvalue weighted by Gasteiger charge is 2.26. The van der Waals surface area contributed by atoms with E-state index in [0.29, 0.717) is 6.04 Å². The van der Waals surface area contributed by atoms with E-state index in [-0.39, 0.29) is 5.91 Å². The zero-order valence-corrected chi connectivity index (χ0v) is 14.3. The average Bonchev–Trinajstić information content (AvgIpc) is 3.09. The molecule has 1 fully saturated rings. The fraction of sp³-hybridized carbons (Fsp3) is 0.412. The minimum Gasteiger partial charge on any atom is -0.355 e. The summed E-state index contributed by atoms with van der Waals surface area (Å²) in [6.07, 6.45) is 1.95. The van der Waals surface area contributed by atoms with Gasteiger partial charge in [-0.15, -0.1) is 11.3 Å². The third-order valence-electron chi connectivity index (χ3n) is 4.36. The van der Waals surface area contributed by atoms with Gasteiger partial charge in [0, 0.05) is 55.9 Å². The molecule has 1 atom stereocenters. The van der Waals surface area contributed by atoms with E-state index in [1.165, 1.54) is 10.4 Å². The van der Waals surface area contributed by atoms with Crippen LogP contribution < -0.4 is 5.32 Å². The predicted molar refractivity (Wildman–Crippen MR) is 92.6 cm³/mol. The molecule has 0 unspecified atom stereocenters. The molecule has 6 heteroatoms. The van der Waals surface area contributed by atoms with Crippen LogP contribution in [0.5, 0.6) is 0 Å². The molecule has 23 heavy (non-hydrogen) atoms. The van der Waals surface area contributed by atoms with E-state index in [1.54, 1.807) is 18.4 Å². The highest BCUT2D eigenvalue weighted by atomic mass is 32.1. The Balaban J connectivity index is 1.76. The first-order valence-electron chi connectivity index (χ1n) is 7.79. The van der Waals surface area contributed by atoms with Gasteiger partial charge in [0.25, 0.3) is 5.91 Å². The third kappa shape index (κ3) is 3.77. The number of likely N-dealkylation sites (N-methyl/N-ethyl adjacent to an activating group) is 1. The van der Waals surface area contributed by atoms with E-state index in [2.05, 4.69) is 33.2 Å². The van der Waals surface area contributed by atoms with Gasteiger partial charge in [0.15, 0.2) is 0 Å². The topological polar surface area (TPSA) is 48.5 Å². The summed E-state index contributed by atoms with van der Waals surface area (Å²) in [7, 11) is 3.82. The molecule has 122 valence electrons. The number of thiazole rings is 1. The summed E-state index contributed by atoms with van der Waals surface area (Å²) in [6, 6.07) is 8.26. The van der Waals surface area contributed by atoms with Crippen molar-refractivity contribution in [3.63, 3.8) is 0 Å². The number of carbonyl (C=O) groups is 1. The van der Waals surface area contributed by atoms with Crippen LogP contribution in [0.3, 0.4) is 0 Å². The van der Waals surface area contributed by atoms with Crippen LogP contribution in [-0.2, 0) is 6.54 Å². The average molecular weight is 330 g/mol. The quantitative estimate of drug-likeness (QED) is 0.931. The molecule has 1 aliphatic heterocycles. The molecule has 1 aliphatic rings. The van der Waals surface area contributed by atoms with Gasteiger partial charge in [-0.05, 0) is 24.7 Å². The summed E-state index contributed by atoms with van der Waals surface area (Å²) in [5.74, 6) is -0.0353. The molecule has 1 aromatic heterocycles. The lowest BCUT2D eigenvalue weighted by Crippen LogP contribution is -2.46. The van der Waals surface area contributed by atoms with Crippen LogP contribution in [0.25, 0.3) is 0 Å². The van der Waals surface area contributed by atoms with E-state index in [1.807, 2.05) is 29.9 Å². The molecule has 1 N–H and O–H groups in total. The standard InChI is InChI=1S/C17H22N4OS/c1-18-17(22)14-5-3-4-13(8-14)16-11-21(7-6-20(16)2)10-15-9-19-12-23-15/h3-5,8-9,12,16H,6-7,10-11H2,1-2H3,(H,18,22)/t16-/m0/s1. The van der Waals surface area contributed by atoms with Gasteiger partial charge in [-0.25, -0.2) is 0 Å². The monoisotopic (exact) mass is 330 g/mol. The van der Waals surface area contributed by atoms with Crippen molar-refractivity contribution in [2.24, 2.45) is 0 Å². The third-order valence-corrected chi connectivity index (χ3v) is 5.12. The summed E-state index contributed by atoms with van der Waals surface area (Å²) < 4.78 is 0. The van der Waals surface area contributed by atoms with Crippen LogP contribution in [0.2, 0.25) is 0 Å². The Morgan fingerprint density at radius 2 is 2.30 bits per heavy atom. The molecule has 0 saturated carbocycles. The van der Waals surface area contributed by atoms with Gasteiger partial charge in [-0.1, -0.05) is 12.1 Å². The van der Waals surface area contributed by atoms with Gasteiger partial charge in [0.1, 0.15) is 0 Å². The van der Waals surface area contributed by atoms with Gasteiger partial charge in [-0.2, -0.15) is 0 Å². The van der Waals surface area contributed by atoms with E-state index >= 15 is 0 Å². The molecule has 1 amide bonds. The lowest BCUT2D eigenvalue weighted by molar-refractivity contribution is 0.0907. The Morgan fingerprint density at radius 3 is 3.04 bits per heavy atom. The molecule has 0 bridgehead atoms. The second-order valence-electron chi connectivity index (χ2n) is 5.90. The van der Waals surface area contributed by atoms with Gasteiger partial charge >= 0.3 is 0 Å². The first-order valence-corrected chi connectivity index (χ1v) is 8.67. The van der Waals surface area contributed by atoms with Crippen molar-refractivity contribution in [1.29, 1.82) is 0 Å². The number of hydrogen-bond donors (Lipinski definition) is 1. The Kier molecular flexibility index (Phi) is 5.05. The first-order chi connectivity index (χ1) is 11.2. The van der Waals surface area contributed by atoms with Crippen molar-refractivity contribution in [3.8, 4) is 0 Å². The van der Waals surface area contributed by atoms with Crippen LogP contribution in [0.4, 0.5) is 0 Å². The van der Waals surface area contributed by atoms with Crippen molar-refractivity contribution in [2.45, 2.75) is 12.6 Å². The zero-order chi connectivity index (χ0) is 16.2. The van der Waals surface area contributed by atoms with Crippen LogP contribution in [0.1, 0.15) is 26.8 Å². The SMILES string of the molecule is CNC(=O)c1cccc([C@@H]2CN(Cc3cncs3)CCN2C)c1. The Morgan fingerprint density at radius 1 is 1.43 bits per heavy atom. The molecule has 5 nitrogen and oxygen atoms in total. The molecule has 2 heterocycles. The van der Waals surface area contributed by atoms with Crippen LogP contribution in [0, 0.1) is 0 Å². The number of nitrogens with one attached hydrogen (secondary N) is 1. The van der Waals surface area contributed by atoms with Crippen molar-refractivity contribution >= 4 is 17.2 Å². The number of rotatable bonds is 4. The molecule has 2 aromatic rings. The molecular weight excluding hydrogens is 308 g/mol. The Hall–Kier alpha value is -1.76. The van der Waals surface area contributed by atoms with Crippen molar-refractivity contribution in [2.75, 3.05) is 33.7 Å². The maximum Gasteiger partial charge on any atom is 0.251 e. The van der Waals surface area contributed by atoms with Crippen molar-refractivity contribution in [3.05, 3.63) is 52.0 Å². The summed E-state index contributed by atoms with van der Waals surface area (Å²) in [5, 5.41) is 2.69. The highest BCUT2D eigenvalue weighted by molar-refractivity contribution is 7.09. The van der Waals surface area contributed by atoms with Gasteiger partial charge in [0.2, 0.25) is 0 Å². The molecule has 3 rings (SSSR count). The summed E-state index contributed by atoms with van der Waals surface area (Å²) in [5.41, 5.74) is 3.80. The molecule has 0 radical (unpaired) electrons. The second kappa shape index (κ2) is 7.21. The largest absolute Gasteiger partial charge is 0.355 e. The van der Waals surface area contributed by atoms with Crippen LogP contribution >= 0.6 is 11.3 Å². The molecule has 0 aliphatic carbocycles. The number of carbonyl (C=O) groups excluding carboxylic acids is 1. The van der Waals surface area contributed by atoms with Crippen molar-refractivity contribution < 1.29 is 4.79 Å². The van der Waals surface area contributed by atoms with Gasteiger partial charge in [-0.3, -0.25) is 19.6 Å². The summed E-state index contributed by atoms with van der Waals surface area (Å²) >= 11 is 1.70. The number of benzene rings is 1. The lowest BCUT2D eigenvalue weighted by Gasteiger charge is -2.39. The molecule has 1 saturated heterocycles. The molecular formula is C17H22N4OS. The predicted octanol–water partition coefficient (Wildman–Crippen LogP) is 1.99. The lowest BCUT2D eigenvalue weighted by atomic mass is 10.00. The zero-order valence-electron chi connectivity index (χ0n) is 13.5. The fourth-order valence-corrected chi connectivity index (χ4v) is 3.64. The maximum absolute atomic E-state index is 11.9. The Bertz CT molecular complexity index is 658. The van der Waals surface area contributed by atoms with E-state index < -0.39 is 0 Å². The minimum absolute atomic E-state index is 0.0353. The molecule has 0 spiro atoms. The number of amides is 1. The fourth-order valence-electron chi connectivity index (χ4n) is 3.01. The molecule has 1 aromatic carbocycles. The van der Waals surface area contributed by atoms with E-state index in [4.69, 9.17) is 0 Å². The normalized spacial score (nSPS) is 19.7. The van der Waals surface area contributed by atoms with Crippen LogP contribution in [0.15, 0.2) is 36.0 Å². The number of piperazine rings is 1. The number of nitrogens with zero attached hydrogens (tertiary/aromatic N) is 3. The van der Waals surface area contributed by atoms with E-state index in [0.717, 1.165) is 31.7 Å². The van der Waals surface area contributed by atoms with Gasteiger partial charge < -0.3 is 5.32 Å². The number of aromatic nitrogens is 1. The maximum atomic E-state index is 11.9. The smallest absolute Gasteiger partial charge is 0.251 e. The first kappa shape index (κ1) is 16.1. The highest BCUT2D eigenvalue weighted by Crippen LogP contribution is 2.26. The summed E-state index contributed by atoms with van der Waals surface area (Å²) in [6.45, 7) is 3.99. The van der Waals surface area contributed by atoms with E-state index in [9.17, 15) is 4.79 Å². The second-order valence-corrected chi connectivity index (χ2v) is 6.87. The van der Waals surface area contributed by atoms with Crippen molar-refractivity contribution in [1.82, 2.24) is 20.1 Å². The van der Waals surface area contributed by atoms with Gasteiger partial charge in [0.05, 0.1) is 5.51 Å².